The summed E-state index contributed by atoms with van der Waals surface area (Å²) in [4.78, 5) is 17.8. The predicted octanol–water partition coefficient (Wildman–Crippen LogP) is 2.99. The van der Waals surface area contributed by atoms with E-state index in [9.17, 15) is 4.79 Å². The molecule has 4 rings (SSSR count). The van der Waals surface area contributed by atoms with E-state index < -0.39 is 0 Å². The van der Waals surface area contributed by atoms with Crippen molar-refractivity contribution in [2.24, 2.45) is 0 Å². The Labute approximate surface area is 131 Å². The quantitative estimate of drug-likeness (QED) is 0.805. The zero-order chi connectivity index (χ0) is 14.6. The van der Waals surface area contributed by atoms with Gasteiger partial charge in [-0.15, -0.1) is 0 Å². The minimum absolute atomic E-state index is 0.0426. The van der Waals surface area contributed by atoms with E-state index in [-0.39, 0.29) is 18.1 Å². The molecule has 2 aliphatic heterocycles. The number of ether oxygens (including phenoxy) is 1. The number of aromatic amines is 1. The van der Waals surface area contributed by atoms with Crippen LogP contribution in [0.25, 0.3) is 10.9 Å². The first-order valence-corrected chi connectivity index (χ1v) is 8.15. The SMILES string of the molecule is C[C@@H]1C[C@H](N2CCc3[nH]c4c(Br)cccc4c3C2)C(=O)O1. The number of rotatable bonds is 1. The van der Waals surface area contributed by atoms with Crippen molar-refractivity contribution in [3.05, 3.63) is 33.9 Å². The van der Waals surface area contributed by atoms with Crippen LogP contribution in [-0.2, 0) is 22.5 Å². The van der Waals surface area contributed by atoms with Gasteiger partial charge in [0.2, 0.25) is 0 Å². The molecule has 2 aliphatic rings. The van der Waals surface area contributed by atoms with Crippen molar-refractivity contribution in [3.8, 4) is 0 Å². The Balaban J connectivity index is 1.70. The zero-order valence-corrected chi connectivity index (χ0v) is 13.4. The lowest BCUT2D eigenvalue weighted by Crippen LogP contribution is -2.41. The average Bonchev–Trinajstić information content (AvgIpc) is 2.99. The molecule has 0 radical (unpaired) electrons. The topological polar surface area (TPSA) is 45.3 Å². The number of hydrogen-bond donors (Lipinski definition) is 1. The first-order valence-electron chi connectivity index (χ1n) is 7.36. The lowest BCUT2D eigenvalue weighted by Gasteiger charge is -2.30. The highest BCUT2D eigenvalue weighted by Gasteiger charge is 2.38. The van der Waals surface area contributed by atoms with Crippen molar-refractivity contribution in [2.45, 2.75) is 38.5 Å². The smallest absolute Gasteiger partial charge is 0.323 e. The van der Waals surface area contributed by atoms with Crippen LogP contribution in [0.2, 0.25) is 0 Å². The van der Waals surface area contributed by atoms with Crippen LogP contribution >= 0.6 is 15.9 Å². The molecule has 0 aliphatic carbocycles. The van der Waals surface area contributed by atoms with E-state index in [0.717, 1.165) is 35.9 Å². The number of aromatic nitrogens is 1. The molecular weight excluding hydrogens is 332 g/mol. The molecule has 3 heterocycles. The number of benzene rings is 1. The van der Waals surface area contributed by atoms with Gasteiger partial charge in [0.05, 0.1) is 5.52 Å². The Kier molecular flexibility index (Phi) is 3.08. The number of fused-ring (bicyclic) bond motifs is 3. The fraction of sp³-hybridized carbons (Fsp3) is 0.438. The normalized spacial score (nSPS) is 26.1. The highest BCUT2D eigenvalue weighted by Crippen LogP contribution is 2.33. The van der Waals surface area contributed by atoms with Gasteiger partial charge >= 0.3 is 5.97 Å². The van der Waals surface area contributed by atoms with E-state index in [2.05, 4.69) is 44.0 Å². The van der Waals surface area contributed by atoms with Gasteiger partial charge in [-0.2, -0.15) is 0 Å². The number of cyclic esters (lactones) is 1. The summed E-state index contributed by atoms with van der Waals surface area (Å²) in [6.45, 7) is 3.69. The number of H-pyrrole nitrogens is 1. The van der Waals surface area contributed by atoms with Crippen molar-refractivity contribution in [2.75, 3.05) is 6.54 Å². The van der Waals surface area contributed by atoms with Crippen molar-refractivity contribution in [1.29, 1.82) is 0 Å². The van der Waals surface area contributed by atoms with Gasteiger partial charge in [0.25, 0.3) is 0 Å². The standard InChI is InChI=1S/C16H17BrN2O2/c1-9-7-14(16(20)21-9)19-6-5-13-11(8-19)10-3-2-4-12(17)15(10)18-13/h2-4,9,14,18H,5-8H2,1H3/t9-,14+/m1/s1. The van der Waals surface area contributed by atoms with Gasteiger partial charge in [0.15, 0.2) is 0 Å². The molecule has 0 amide bonds. The second-order valence-electron chi connectivity index (χ2n) is 5.96. The van der Waals surface area contributed by atoms with E-state index in [1.807, 2.05) is 6.92 Å². The Morgan fingerprint density at radius 3 is 3.05 bits per heavy atom. The monoisotopic (exact) mass is 348 g/mol. The Morgan fingerprint density at radius 2 is 2.29 bits per heavy atom. The van der Waals surface area contributed by atoms with Crippen LogP contribution in [0.15, 0.2) is 22.7 Å². The third-order valence-electron chi connectivity index (χ3n) is 4.57. The number of halogens is 1. The highest BCUT2D eigenvalue weighted by atomic mass is 79.9. The maximum absolute atomic E-state index is 12.0. The van der Waals surface area contributed by atoms with Crippen LogP contribution in [0.4, 0.5) is 0 Å². The summed E-state index contributed by atoms with van der Waals surface area (Å²) in [6, 6.07) is 6.18. The zero-order valence-electron chi connectivity index (χ0n) is 11.9. The number of esters is 1. The second-order valence-corrected chi connectivity index (χ2v) is 6.82. The summed E-state index contributed by atoms with van der Waals surface area (Å²) in [5.41, 5.74) is 3.78. The summed E-state index contributed by atoms with van der Waals surface area (Å²) in [5.74, 6) is -0.0630. The molecule has 1 aromatic carbocycles. The lowest BCUT2D eigenvalue weighted by molar-refractivity contribution is -0.145. The highest BCUT2D eigenvalue weighted by molar-refractivity contribution is 9.10. The van der Waals surface area contributed by atoms with Crippen LogP contribution in [-0.4, -0.2) is 34.5 Å². The number of nitrogens with one attached hydrogen (secondary N) is 1. The summed E-state index contributed by atoms with van der Waals surface area (Å²) in [7, 11) is 0. The molecule has 21 heavy (non-hydrogen) atoms. The minimum atomic E-state index is -0.0785. The van der Waals surface area contributed by atoms with Crippen molar-refractivity contribution < 1.29 is 9.53 Å². The second kappa shape index (κ2) is 4.85. The van der Waals surface area contributed by atoms with E-state index in [1.54, 1.807) is 0 Å². The largest absolute Gasteiger partial charge is 0.461 e. The van der Waals surface area contributed by atoms with Crippen LogP contribution in [0, 0.1) is 0 Å². The molecule has 2 atom stereocenters. The fourth-order valence-electron chi connectivity index (χ4n) is 3.52. The summed E-state index contributed by atoms with van der Waals surface area (Å²) >= 11 is 3.60. The lowest BCUT2D eigenvalue weighted by atomic mass is 10.0. The van der Waals surface area contributed by atoms with Gasteiger partial charge < -0.3 is 9.72 Å². The Bertz CT molecular complexity index is 724. The third kappa shape index (κ3) is 2.10. The molecule has 110 valence electrons. The predicted molar refractivity (Wildman–Crippen MR) is 84.1 cm³/mol. The van der Waals surface area contributed by atoms with Crippen LogP contribution in [0.3, 0.4) is 0 Å². The van der Waals surface area contributed by atoms with Gasteiger partial charge in [-0.3, -0.25) is 9.69 Å². The Hall–Kier alpha value is -1.33. The van der Waals surface area contributed by atoms with Crippen LogP contribution < -0.4 is 0 Å². The molecule has 4 nitrogen and oxygen atoms in total. The summed E-state index contributed by atoms with van der Waals surface area (Å²) in [5, 5.41) is 1.25. The molecule has 1 fully saturated rings. The van der Waals surface area contributed by atoms with Gasteiger partial charge in [0, 0.05) is 41.5 Å². The van der Waals surface area contributed by atoms with Crippen molar-refractivity contribution >= 4 is 32.8 Å². The molecule has 0 unspecified atom stereocenters. The van der Waals surface area contributed by atoms with Gasteiger partial charge in [0.1, 0.15) is 12.1 Å². The molecule has 2 aromatic rings. The molecular formula is C16H17BrN2O2. The summed E-state index contributed by atoms with van der Waals surface area (Å²) in [6.07, 6.45) is 1.80. The maximum atomic E-state index is 12.0. The number of carbonyl (C=O) groups is 1. The van der Waals surface area contributed by atoms with E-state index in [4.69, 9.17) is 4.74 Å². The van der Waals surface area contributed by atoms with Crippen molar-refractivity contribution in [1.82, 2.24) is 9.88 Å². The molecule has 0 saturated carbocycles. The number of hydrogen-bond acceptors (Lipinski definition) is 3. The van der Waals surface area contributed by atoms with E-state index >= 15 is 0 Å². The van der Waals surface area contributed by atoms with Gasteiger partial charge in [-0.25, -0.2) is 0 Å². The van der Waals surface area contributed by atoms with Crippen LogP contribution in [0.5, 0.6) is 0 Å². The minimum Gasteiger partial charge on any atom is -0.461 e. The number of para-hydroxylation sites is 1. The number of carbonyl (C=O) groups excluding carboxylic acids is 1. The molecule has 1 saturated heterocycles. The molecule has 0 spiro atoms. The summed E-state index contributed by atoms with van der Waals surface area (Å²) < 4.78 is 6.40. The van der Waals surface area contributed by atoms with E-state index in [0.29, 0.717) is 0 Å². The molecule has 1 aromatic heterocycles. The van der Waals surface area contributed by atoms with Gasteiger partial charge in [-0.05, 0) is 34.5 Å². The van der Waals surface area contributed by atoms with Gasteiger partial charge in [-0.1, -0.05) is 12.1 Å². The van der Waals surface area contributed by atoms with Crippen LogP contribution in [0.1, 0.15) is 24.6 Å². The fourth-order valence-corrected chi connectivity index (χ4v) is 3.99. The number of nitrogens with zero attached hydrogens (tertiary/aromatic N) is 1. The first-order chi connectivity index (χ1) is 10.1. The van der Waals surface area contributed by atoms with Crippen molar-refractivity contribution in [3.63, 3.8) is 0 Å². The van der Waals surface area contributed by atoms with E-state index in [1.165, 1.54) is 16.6 Å². The maximum Gasteiger partial charge on any atom is 0.323 e. The Morgan fingerprint density at radius 1 is 1.43 bits per heavy atom. The first kappa shape index (κ1) is 13.3. The molecule has 1 N–H and O–H groups in total. The molecule has 5 heteroatoms. The third-order valence-corrected chi connectivity index (χ3v) is 5.24. The molecule has 0 bridgehead atoms. The average molecular weight is 349 g/mol.